The summed E-state index contributed by atoms with van der Waals surface area (Å²) in [5.41, 5.74) is 7.65. The molecule has 31 heavy (non-hydrogen) atoms. The number of primary amides is 1. The Morgan fingerprint density at radius 1 is 1.39 bits per heavy atom. The van der Waals surface area contributed by atoms with E-state index in [1.54, 1.807) is 17.5 Å². The van der Waals surface area contributed by atoms with E-state index >= 15 is 0 Å². The number of aryl methyl sites for hydroxylation is 2. The molecular formula is C21H32IN7OS. The van der Waals surface area contributed by atoms with E-state index in [0.717, 1.165) is 54.0 Å². The average molecular weight is 558 g/mol. The van der Waals surface area contributed by atoms with Gasteiger partial charge in [-0.1, -0.05) is 6.07 Å². The predicted molar refractivity (Wildman–Crippen MR) is 137 cm³/mol. The summed E-state index contributed by atoms with van der Waals surface area (Å²) in [4.78, 5) is 29.0. The second-order valence-electron chi connectivity index (χ2n) is 7.47. The smallest absolute Gasteiger partial charge is 0.222 e. The lowest BCUT2D eigenvalue weighted by Gasteiger charge is -2.33. The lowest BCUT2D eigenvalue weighted by molar-refractivity contribution is -0.122. The van der Waals surface area contributed by atoms with Gasteiger partial charge in [0, 0.05) is 36.3 Å². The first-order valence-corrected chi connectivity index (χ1v) is 11.2. The molecule has 1 fully saturated rings. The maximum absolute atomic E-state index is 11.6. The molecule has 1 aliphatic heterocycles. The number of amides is 1. The number of hydrogen-bond donors (Lipinski definition) is 3. The largest absolute Gasteiger partial charge is 0.369 e. The van der Waals surface area contributed by atoms with Gasteiger partial charge >= 0.3 is 0 Å². The SMILES string of the molecule is CCNC(=NCc1cccnc1N1CCCC(C(N)=O)C1)NCc1nc(C)c(C)s1.I. The third-order valence-corrected chi connectivity index (χ3v) is 6.30. The predicted octanol–water partition coefficient (Wildman–Crippen LogP) is 2.73. The fourth-order valence-corrected chi connectivity index (χ4v) is 4.39. The van der Waals surface area contributed by atoms with Crippen LogP contribution in [0.3, 0.4) is 0 Å². The average Bonchev–Trinajstić information content (AvgIpc) is 3.07. The Morgan fingerprint density at radius 3 is 2.87 bits per heavy atom. The Morgan fingerprint density at radius 2 is 2.19 bits per heavy atom. The number of hydrogen-bond acceptors (Lipinski definition) is 6. The molecule has 0 spiro atoms. The van der Waals surface area contributed by atoms with Crippen LogP contribution in [0, 0.1) is 19.8 Å². The third-order valence-electron chi connectivity index (χ3n) is 5.22. The molecule has 1 saturated heterocycles. The highest BCUT2D eigenvalue weighted by molar-refractivity contribution is 14.0. The summed E-state index contributed by atoms with van der Waals surface area (Å²) in [5, 5.41) is 7.69. The van der Waals surface area contributed by atoms with E-state index in [1.807, 2.05) is 26.0 Å². The standard InChI is InChI=1S/C21H31N7OS.HI/c1-4-23-21(26-12-18-27-14(2)15(3)30-18)25-11-16-7-5-9-24-20(16)28-10-6-8-17(13-28)19(22)29;/h5,7,9,17H,4,6,8,10-13H2,1-3H3,(H2,22,29)(H2,23,25,26);1H. The number of nitrogens with zero attached hydrogens (tertiary/aromatic N) is 4. The molecule has 10 heteroatoms. The number of rotatable bonds is 7. The van der Waals surface area contributed by atoms with Crippen LogP contribution in [0.25, 0.3) is 0 Å². The topological polar surface area (TPSA) is 109 Å². The lowest BCUT2D eigenvalue weighted by Crippen LogP contribution is -2.42. The highest BCUT2D eigenvalue weighted by Crippen LogP contribution is 2.25. The van der Waals surface area contributed by atoms with Gasteiger partial charge in [0.2, 0.25) is 5.91 Å². The molecule has 0 bridgehead atoms. The molecule has 0 aromatic carbocycles. The zero-order valence-corrected chi connectivity index (χ0v) is 21.5. The number of nitrogens with one attached hydrogen (secondary N) is 2. The van der Waals surface area contributed by atoms with E-state index in [2.05, 4.69) is 32.4 Å². The molecule has 8 nitrogen and oxygen atoms in total. The zero-order valence-electron chi connectivity index (χ0n) is 18.4. The number of anilines is 1. The summed E-state index contributed by atoms with van der Waals surface area (Å²) < 4.78 is 0. The number of halogens is 1. The van der Waals surface area contributed by atoms with Crippen LogP contribution in [0.2, 0.25) is 0 Å². The molecule has 4 N–H and O–H groups in total. The van der Waals surface area contributed by atoms with Crippen LogP contribution in [0.5, 0.6) is 0 Å². The van der Waals surface area contributed by atoms with Crippen molar-refractivity contribution in [2.45, 2.75) is 46.7 Å². The van der Waals surface area contributed by atoms with Crippen molar-refractivity contribution in [2.24, 2.45) is 16.6 Å². The van der Waals surface area contributed by atoms with E-state index in [4.69, 9.17) is 10.7 Å². The Bertz CT molecular complexity index is 882. The highest BCUT2D eigenvalue weighted by atomic mass is 127. The van der Waals surface area contributed by atoms with Crippen molar-refractivity contribution in [3.63, 3.8) is 0 Å². The van der Waals surface area contributed by atoms with Crippen LogP contribution in [0.4, 0.5) is 5.82 Å². The number of guanidine groups is 1. The Kier molecular flexibility index (Phi) is 9.94. The van der Waals surface area contributed by atoms with Gasteiger partial charge in [-0.3, -0.25) is 4.79 Å². The number of thiazole rings is 1. The monoisotopic (exact) mass is 557 g/mol. The maximum atomic E-state index is 11.6. The Hall–Kier alpha value is -1.95. The van der Waals surface area contributed by atoms with Crippen LogP contribution in [-0.2, 0) is 17.9 Å². The minimum absolute atomic E-state index is 0. The summed E-state index contributed by atoms with van der Waals surface area (Å²) in [5.74, 6) is 1.27. The first kappa shape index (κ1) is 25.3. The summed E-state index contributed by atoms with van der Waals surface area (Å²) >= 11 is 1.70. The van der Waals surface area contributed by atoms with Gasteiger partial charge < -0.3 is 21.3 Å². The number of nitrogens with two attached hydrogens (primary N) is 1. The molecule has 3 rings (SSSR count). The second-order valence-corrected chi connectivity index (χ2v) is 8.76. The molecule has 3 heterocycles. The quantitative estimate of drug-likeness (QED) is 0.275. The van der Waals surface area contributed by atoms with E-state index < -0.39 is 0 Å². The summed E-state index contributed by atoms with van der Waals surface area (Å²) in [6.45, 7) is 9.55. The van der Waals surface area contributed by atoms with E-state index in [9.17, 15) is 4.79 Å². The van der Waals surface area contributed by atoms with Crippen LogP contribution < -0.4 is 21.3 Å². The third kappa shape index (κ3) is 7.03. The van der Waals surface area contributed by atoms with E-state index in [0.29, 0.717) is 19.6 Å². The number of piperidine rings is 1. The van der Waals surface area contributed by atoms with Gasteiger partial charge in [0.1, 0.15) is 10.8 Å². The highest BCUT2D eigenvalue weighted by Gasteiger charge is 2.25. The van der Waals surface area contributed by atoms with Crippen LogP contribution in [0.15, 0.2) is 23.3 Å². The molecule has 0 radical (unpaired) electrons. The molecule has 0 saturated carbocycles. The first-order valence-electron chi connectivity index (χ1n) is 10.4. The Balaban J connectivity index is 0.00000341. The minimum atomic E-state index is -0.235. The van der Waals surface area contributed by atoms with Crippen LogP contribution >= 0.6 is 35.3 Å². The van der Waals surface area contributed by atoms with Gasteiger partial charge in [-0.2, -0.15) is 0 Å². The molecule has 0 aliphatic carbocycles. The summed E-state index contributed by atoms with van der Waals surface area (Å²) in [6, 6.07) is 3.96. The maximum Gasteiger partial charge on any atom is 0.222 e. The first-order chi connectivity index (χ1) is 14.5. The van der Waals surface area contributed by atoms with Gasteiger partial charge in [-0.25, -0.2) is 15.0 Å². The van der Waals surface area contributed by atoms with Gasteiger partial charge in [0.15, 0.2) is 5.96 Å². The van der Waals surface area contributed by atoms with Crippen molar-refractivity contribution in [1.82, 2.24) is 20.6 Å². The van der Waals surface area contributed by atoms with Gasteiger partial charge in [-0.05, 0) is 39.7 Å². The molecule has 1 atom stereocenters. The van der Waals surface area contributed by atoms with E-state index in [-0.39, 0.29) is 35.8 Å². The van der Waals surface area contributed by atoms with Gasteiger partial charge in [-0.15, -0.1) is 35.3 Å². The number of aromatic nitrogens is 2. The molecule has 2 aromatic rings. The molecule has 170 valence electrons. The van der Waals surface area contributed by atoms with Gasteiger partial charge in [0.05, 0.1) is 24.7 Å². The fraction of sp³-hybridized carbons (Fsp3) is 0.524. The number of aliphatic imine (C=N–C) groups is 1. The summed E-state index contributed by atoms with van der Waals surface area (Å²) in [6.07, 6.45) is 3.56. The van der Waals surface area contributed by atoms with Crippen molar-refractivity contribution in [3.8, 4) is 0 Å². The summed E-state index contributed by atoms with van der Waals surface area (Å²) in [7, 11) is 0. The number of pyridine rings is 1. The van der Waals surface area contributed by atoms with E-state index in [1.165, 1.54) is 4.88 Å². The van der Waals surface area contributed by atoms with Crippen LogP contribution in [-0.4, -0.2) is 41.5 Å². The lowest BCUT2D eigenvalue weighted by atomic mass is 9.97. The molecule has 2 aromatic heterocycles. The van der Waals surface area contributed by atoms with Crippen molar-refractivity contribution in [3.05, 3.63) is 39.5 Å². The molecular weight excluding hydrogens is 525 g/mol. The fourth-order valence-electron chi connectivity index (χ4n) is 3.52. The van der Waals surface area contributed by atoms with Crippen molar-refractivity contribution in [1.29, 1.82) is 0 Å². The molecule has 1 aliphatic rings. The number of carbonyl (C=O) groups excluding carboxylic acids is 1. The molecule has 1 amide bonds. The second kappa shape index (κ2) is 12.2. The zero-order chi connectivity index (χ0) is 21.5. The van der Waals surface area contributed by atoms with Crippen LogP contribution in [0.1, 0.15) is 40.9 Å². The van der Waals surface area contributed by atoms with Gasteiger partial charge in [0.25, 0.3) is 0 Å². The van der Waals surface area contributed by atoms with Crippen molar-refractivity contribution >= 4 is 53.0 Å². The normalized spacial score (nSPS) is 16.5. The van der Waals surface area contributed by atoms with Crippen molar-refractivity contribution in [2.75, 3.05) is 24.5 Å². The van der Waals surface area contributed by atoms with Crippen molar-refractivity contribution < 1.29 is 4.79 Å². The number of carbonyl (C=O) groups is 1. The minimum Gasteiger partial charge on any atom is -0.369 e. The Labute approximate surface area is 205 Å². The molecule has 1 unspecified atom stereocenters.